The number of aliphatic carboxylic acids is 1. The number of ether oxygens (including phenoxy) is 1. The summed E-state index contributed by atoms with van der Waals surface area (Å²) in [5.41, 5.74) is -0.514. The number of esters is 1. The lowest BCUT2D eigenvalue weighted by molar-refractivity contribution is -0.165. The summed E-state index contributed by atoms with van der Waals surface area (Å²) >= 11 is 0. The molecule has 3 saturated carbocycles. The highest BCUT2D eigenvalue weighted by Crippen LogP contribution is 2.62. The van der Waals surface area contributed by atoms with E-state index in [1.165, 1.54) is 6.92 Å². The number of hydrogen-bond acceptors (Lipinski definition) is 4. The molecule has 5 nitrogen and oxygen atoms in total. The van der Waals surface area contributed by atoms with Crippen LogP contribution in [-0.2, 0) is 19.1 Å². The minimum atomic E-state index is -0.817. The van der Waals surface area contributed by atoms with E-state index < -0.39 is 11.4 Å². The van der Waals surface area contributed by atoms with Crippen LogP contribution in [0.15, 0.2) is 12.2 Å². The molecule has 0 aromatic heterocycles. The lowest BCUT2D eigenvalue weighted by atomic mass is 9.45. The highest BCUT2D eigenvalue weighted by atomic mass is 16.5. The summed E-state index contributed by atoms with van der Waals surface area (Å²) in [4.78, 5) is 37.6. The quantitative estimate of drug-likeness (QED) is 0.304. The minimum absolute atomic E-state index is 0.00694. The van der Waals surface area contributed by atoms with Crippen molar-refractivity contribution in [1.82, 2.24) is 0 Å². The number of hydrogen-bond donors (Lipinski definition) is 1. The van der Waals surface area contributed by atoms with Gasteiger partial charge in [-0.05, 0) is 85.9 Å². The summed E-state index contributed by atoms with van der Waals surface area (Å²) in [6, 6.07) is 0. The number of ketones is 1. The van der Waals surface area contributed by atoms with Crippen molar-refractivity contribution >= 4 is 17.7 Å². The summed E-state index contributed by atoms with van der Waals surface area (Å²) in [7, 11) is 0. The number of carboxylic acid groups (broad SMARTS) is 1. The SMILES string of the molecule is CC(=O)O[C@H]1CC[C@@]2(C)[C@@H](CC[C@H]3C(=O)[C@@](C)([C@H](CC(=O)O)[C@H](C)/C=C/[C@H](C)C(C)C)CC[C@@H]32)C1. The van der Waals surface area contributed by atoms with Crippen LogP contribution in [0, 0.1) is 52.3 Å². The zero-order chi connectivity index (χ0) is 26.1. The first-order valence-corrected chi connectivity index (χ1v) is 13.9. The van der Waals surface area contributed by atoms with Gasteiger partial charge < -0.3 is 9.84 Å². The number of carboxylic acids is 1. The van der Waals surface area contributed by atoms with Crippen molar-refractivity contribution in [3.63, 3.8) is 0 Å². The van der Waals surface area contributed by atoms with Crippen LogP contribution in [0.4, 0.5) is 0 Å². The molecule has 0 spiro atoms. The summed E-state index contributed by atoms with van der Waals surface area (Å²) < 4.78 is 5.56. The van der Waals surface area contributed by atoms with Gasteiger partial charge in [0.1, 0.15) is 11.9 Å². The molecule has 0 saturated heterocycles. The van der Waals surface area contributed by atoms with Crippen LogP contribution in [0.2, 0.25) is 0 Å². The molecule has 9 atom stereocenters. The molecule has 0 bridgehead atoms. The van der Waals surface area contributed by atoms with Crippen LogP contribution in [0.5, 0.6) is 0 Å². The molecule has 0 amide bonds. The molecule has 5 heteroatoms. The number of rotatable bonds is 8. The number of carbonyl (C=O) groups excluding carboxylic acids is 2. The number of allylic oxidation sites excluding steroid dienone is 2. The Bertz CT molecular complexity index is 831. The van der Waals surface area contributed by atoms with Gasteiger partial charge in [0.25, 0.3) is 0 Å². The smallest absolute Gasteiger partial charge is 0.303 e. The monoisotopic (exact) mass is 488 g/mol. The van der Waals surface area contributed by atoms with E-state index in [-0.39, 0.29) is 41.7 Å². The molecule has 3 aliphatic carbocycles. The van der Waals surface area contributed by atoms with Crippen LogP contribution in [0.1, 0.15) is 99.8 Å². The Morgan fingerprint density at radius 2 is 1.69 bits per heavy atom. The molecule has 198 valence electrons. The maximum absolute atomic E-state index is 14.2. The van der Waals surface area contributed by atoms with Crippen molar-refractivity contribution in [3.8, 4) is 0 Å². The molecule has 0 aromatic carbocycles. The van der Waals surface area contributed by atoms with Gasteiger partial charge in [0, 0.05) is 24.7 Å². The van der Waals surface area contributed by atoms with Crippen LogP contribution in [0.25, 0.3) is 0 Å². The van der Waals surface area contributed by atoms with Crippen molar-refractivity contribution in [2.24, 2.45) is 52.3 Å². The summed E-state index contributed by atoms with van der Waals surface area (Å²) in [5, 5.41) is 9.77. The zero-order valence-corrected chi connectivity index (χ0v) is 23.0. The molecule has 3 rings (SSSR count). The third-order valence-electron chi connectivity index (χ3n) is 10.5. The number of fused-ring (bicyclic) bond motifs is 3. The Morgan fingerprint density at radius 3 is 2.29 bits per heavy atom. The average molecular weight is 489 g/mol. The Balaban J connectivity index is 1.81. The van der Waals surface area contributed by atoms with Crippen LogP contribution < -0.4 is 0 Å². The normalized spacial score (nSPS) is 37.9. The molecule has 0 radical (unpaired) electrons. The summed E-state index contributed by atoms with van der Waals surface area (Å²) in [6.07, 6.45) is 10.8. The van der Waals surface area contributed by atoms with Gasteiger partial charge in [0.2, 0.25) is 0 Å². The molecule has 0 unspecified atom stereocenters. The van der Waals surface area contributed by atoms with Crippen molar-refractivity contribution in [2.45, 2.75) is 106 Å². The van der Waals surface area contributed by atoms with Crippen molar-refractivity contribution in [3.05, 3.63) is 12.2 Å². The van der Waals surface area contributed by atoms with Gasteiger partial charge in [0.15, 0.2) is 0 Å². The van der Waals surface area contributed by atoms with Crippen molar-refractivity contribution < 1.29 is 24.2 Å². The fourth-order valence-corrected chi connectivity index (χ4v) is 7.80. The van der Waals surface area contributed by atoms with Gasteiger partial charge >= 0.3 is 11.9 Å². The first kappa shape index (κ1) is 27.9. The van der Waals surface area contributed by atoms with E-state index in [2.05, 4.69) is 53.7 Å². The van der Waals surface area contributed by atoms with E-state index in [0.717, 1.165) is 44.9 Å². The average Bonchev–Trinajstić information content (AvgIpc) is 2.77. The Hall–Kier alpha value is -1.65. The van der Waals surface area contributed by atoms with Gasteiger partial charge in [-0.25, -0.2) is 0 Å². The molecule has 1 N–H and O–H groups in total. The lowest BCUT2D eigenvalue weighted by Crippen LogP contribution is -2.56. The molecular formula is C30H48O5. The highest BCUT2D eigenvalue weighted by molar-refractivity contribution is 5.89. The Labute approximate surface area is 212 Å². The summed E-state index contributed by atoms with van der Waals surface area (Å²) in [6.45, 7) is 14.6. The van der Waals surface area contributed by atoms with E-state index in [9.17, 15) is 19.5 Å². The van der Waals surface area contributed by atoms with Gasteiger partial charge in [-0.1, -0.05) is 53.7 Å². The lowest BCUT2D eigenvalue weighted by Gasteiger charge is -2.59. The predicted octanol–water partition coefficient (Wildman–Crippen LogP) is 6.70. The fourth-order valence-electron chi connectivity index (χ4n) is 7.80. The predicted molar refractivity (Wildman–Crippen MR) is 138 cm³/mol. The van der Waals surface area contributed by atoms with Crippen LogP contribution in [0.3, 0.4) is 0 Å². The van der Waals surface area contributed by atoms with E-state index in [1.54, 1.807) is 0 Å². The second-order valence-electron chi connectivity index (χ2n) is 12.9. The van der Waals surface area contributed by atoms with E-state index >= 15 is 0 Å². The third kappa shape index (κ3) is 5.69. The molecule has 3 aliphatic rings. The first-order chi connectivity index (χ1) is 16.3. The topological polar surface area (TPSA) is 80.7 Å². The second-order valence-corrected chi connectivity index (χ2v) is 12.9. The zero-order valence-electron chi connectivity index (χ0n) is 23.0. The molecule has 3 fully saturated rings. The van der Waals surface area contributed by atoms with Crippen molar-refractivity contribution in [2.75, 3.05) is 0 Å². The van der Waals surface area contributed by atoms with Crippen molar-refractivity contribution in [1.29, 1.82) is 0 Å². The van der Waals surface area contributed by atoms with E-state index in [1.807, 2.05) is 0 Å². The van der Waals surface area contributed by atoms with Gasteiger partial charge in [0.05, 0.1) is 0 Å². The van der Waals surface area contributed by atoms with Crippen LogP contribution in [-0.4, -0.2) is 28.9 Å². The fraction of sp³-hybridized carbons (Fsp3) is 0.833. The van der Waals surface area contributed by atoms with Gasteiger partial charge in [-0.2, -0.15) is 0 Å². The van der Waals surface area contributed by atoms with Gasteiger partial charge in [-0.15, -0.1) is 0 Å². The molecule has 0 heterocycles. The maximum atomic E-state index is 14.2. The minimum Gasteiger partial charge on any atom is -0.481 e. The standard InChI is InChI=1S/C30H48O5/c1-18(2)19(3)8-9-20(4)26(17-27(32)33)30(7)15-13-25-24(28(30)34)11-10-22-16-23(35-21(5)31)12-14-29(22,25)6/h8-9,18-20,22-26H,10-17H2,1-7H3,(H,32,33)/b9-8+/t19-,20+,22-,23-,24+,25-,26+,29-,30+/m0/s1. The van der Waals surface area contributed by atoms with Crippen LogP contribution >= 0.6 is 0 Å². The molecule has 35 heavy (non-hydrogen) atoms. The number of carbonyl (C=O) groups is 3. The van der Waals surface area contributed by atoms with Gasteiger partial charge in [-0.3, -0.25) is 14.4 Å². The second kappa shape index (κ2) is 10.8. The Kier molecular flexibility index (Phi) is 8.59. The van der Waals surface area contributed by atoms with E-state index in [0.29, 0.717) is 29.5 Å². The maximum Gasteiger partial charge on any atom is 0.303 e. The first-order valence-electron chi connectivity index (χ1n) is 13.9. The molecule has 0 aliphatic heterocycles. The Morgan fingerprint density at radius 1 is 1.03 bits per heavy atom. The largest absolute Gasteiger partial charge is 0.481 e. The van der Waals surface area contributed by atoms with E-state index in [4.69, 9.17) is 4.74 Å². The molecule has 0 aromatic rings. The highest BCUT2D eigenvalue weighted by Gasteiger charge is 2.59. The number of Topliss-reactive ketones (excluding diaryl/α,β-unsaturated/α-hetero) is 1. The molecular weight excluding hydrogens is 440 g/mol. The summed E-state index contributed by atoms with van der Waals surface area (Å²) in [5.74, 6) is 0.898. The third-order valence-corrected chi connectivity index (χ3v) is 10.5.